The maximum absolute atomic E-state index is 14.0. The maximum atomic E-state index is 14.0. The second-order valence-electron chi connectivity index (χ2n) is 5.59. The average molecular weight is 385 g/mol. The lowest BCUT2D eigenvalue weighted by molar-refractivity contribution is 0.321. The normalized spacial score (nSPS) is 19.5. The van der Waals surface area contributed by atoms with Crippen molar-refractivity contribution < 1.29 is 22.0 Å². The van der Waals surface area contributed by atoms with Gasteiger partial charge in [-0.2, -0.15) is 4.31 Å². The standard InChI is InChI=1S/C17H20FNO4S2/c1-2-22-15-6-5-13(12-14(15)18)25(20,21)19-8-7-17(24-11-9-19)16-4-3-10-23-16/h3-6,10,12,17H,2,7-9,11H2,1H3. The first kappa shape index (κ1) is 18.3. The van der Waals surface area contributed by atoms with Gasteiger partial charge in [0.15, 0.2) is 11.6 Å². The van der Waals surface area contributed by atoms with Crippen LogP contribution in [0.4, 0.5) is 4.39 Å². The molecule has 1 atom stereocenters. The molecule has 136 valence electrons. The molecule has 0 saturated carbocycles. The lowest BCUT2D eigenvalue weighted by Gasteiger charge is -2.20. The Balaban J connectivity index is 1.77. The van der Waals surface area contributed by atoms with Gasteiger partial charge in [0.1, 0.15) is 5.76 Å². The molecule has 25 heavy (non-hydrogen) atoms. The summed E-state index contributed by atoms with van der Waals surface area (Å²) in [5.74, 6) is 0.909. The highest BCUT2D eigenvalue weighted by Crippen LogP contribution is 2.36. The third-order valence-corrected chi connectivity index (χ3v) is 7.19. The Hall–Kier alpha value is -1.51. The Morgan fingerprint density at radius 3 is 2.88 bits per heavy atom. The van der Waals surface area contributed by atoms with Crippen molar-refractivity contribution in [2.24, 2.45) is 0 Å². The minimum absolute atomic E-state index is 0.0464. The van der Waals surface area contributed by atoms with E-state index in [0.717, 1.165) is 11.8 Å². The Bertz CT molecular complexity index is 808. The molecule has 8 heteroatoms. The molecule has 0 bridgehead atoms. The van der Waals surface area contributed by atoms with Crippen molar-refractivity contribution in [3.05, 3.63) is 48.2 Å². The molecule has 0 amide bonds. The number of nitrogens with zero attached hydrogens (tertiary/aromatic N) is 1. The molecule has 5 nitrogen and oxygen atoms in total. The van der Waals surface area contributed by atoms with Crippen LogP contribution >= 0.6 is 11.8 Å². The number of hydrogen-bond acceptors (Lipinski definition) is 5. The summed E-state index contributed by atoms with van der Waals surface area (Å²) in [5, 5.41) is 0.132. The van der Waals surface area contributed by atoms with Gasteiger partial charge >= 0.3 is 0 Å². The van der Waals surface area contributed by atoms with Crippen LogP contribution in [0.2, 0.25) is 0 Å². The summed E-state index contributed by atoms with van der Waals surface area (Å²) < 4.78 is 51.7. The summed E-state index contributed by atoms with van der Waals surface area (Å²) in [6, 6.07) is 7.53. The van der Waals surface area contributed by atoms with Crippen LogP contribution < -0.4 is 4.74 Å². The number of hydrogen-bond donors (Lipinski definition) is 0. The van der Waals surface area contributed by atoms with Crippen LogP contribution in [0.15, 0.2) is 45.9 Å². The van der Waals surface area contributed by atoms with E-state index in [4.69, 9.17) is 9.15 Å². The smallest absolute Gasteiger partial charge is 0.243 e. The van der Waals surface area contributed by atoms with Gasteiger partial charge in [0.2, 0.25) is 10.0 Å². The highest BCUT2D eigenvalue weighted by molar-refractivity contribution is 7.99. The molecular weight excluding hydrogens is 365 g/mol. The summed E-state index contributed by atoms with van der Waals surface area (Å²) in [4.78, 5) is -0.0464. The van der Waals surface area contributed by atoms with E-state index in [1.807, 2.05) is 12.1 Å². The third kappa shape index (κ3) is 4.02. The van der Waals surface area contributed by atoms with E-state index in [9.17, 15) is 12.8 Å². The van der Waals surface area contributed by atoms with Crippen molar-refractivity contribution in [2.75, 3.05) is 25.4 Å². The van der Waals surface area contributed by atoms with E-state index in [1.54, 1.807) is 24.9 Å². The molecule has 1 saturated heterocycles. The Morgan fingerprint density at radius 1 is 1.36 bits per heavy atom. The van der Waals surface area contributed by atoms with Crippen molar-refractivity contribution in [3.63, 3.8) is 0 Å². The van der Waals surface area contributed by atoms with Crippen LogP contribution in [0.25, 0.3) is 0 Å². The van der Waals surface area contributed by atoms with Crippen LogP contribution in [0.3, 0.4) is 0 Å². The van der Waals surface area contributed by atoms with E-state index in [2.05, 4.69) is 0 Å². The van der Waals surface area contributed by atoms with E-state index in [1.165, 1.54) is 16.4 Å². The number of halogens is 1. The molecular formula is C17H20FNO4S2. The number of ether oxygens (including phenoxy) is 1. The van der Waals surface area contributed by atoms with Gasteiger partial charge in [-0.05, 0) is 43.7 Å². The molecule has 1 aromatic heterocycles. The molecule has 0 aliphatic carbocycles. The largest absolute Gasteiger partial charge is 0.491 e. The zero-order valence-electron chi connectivity index (χ0n) is 13.9. The fourth-order valence-corrected chi connectivity index (χ4v) is 5.52. The van der Waals surface area contributed by atoms with Crippen molar-refractivity contribution >= 4 is 21.8 Å². The van der Waals surface area contributed by atoms with Gasteiger partial charge in [-0.1, -0.05) is 0 Å². The highest BCUT2D eigenvalue weighted by atomic mass is 32.2. The number of sulfonamides is 1. The van der Waals surface area contributed by atoms with Crippen molar-refractivity contribution in [2.45, 2.75) is 23.5 Å². The second-order valence-corrected chi connectivity index (χ2v) is 8.84. The number of thioether (sulfide) groups is 1. The average Bonchev–Trinajstić information content (AvgIpc) is 3.00. The molecule has 0 spiro atoms. The van der Waals surface area contributed by atoms with Gasteiger partial charge in [0, 0.05) is 18.8 Å². The molecule has 1 aliphatic heterocycles. The predicted molar refractivity (Wildman–Crippen MR) is 94.9 cm³/mol. The van der Waals surface area contributed by atoms with Gasteiger partial charge < -0.3 is 9.15 Å². The molecule has 1 aromatic carbocycles. The molecule has 3 rings (SSSR count). The van der Waals surface area contributed by atoms with Gasteiger partial charge in [0.05, 0.1) is 23.0 Å². The monoisotopic (exact) mass is 385 g/mol. The molecule has 0 radical (unpaired) electrons. The second kappa shape index (κ2) is 7.80. The van der Waals surface area contributed by atoms with Gasteiger partial charge in [-0.15, -0.1) is 11.8 Å². The summed E-state index contributed by atoms with van der Waals surface area (Å²) in [5.41, 5.74) is 0. The van der Waals surface area contributed by atoms with Crippen LogP contribution in [-0.4, -0.2) is 38.2 Å². The quantitative estimate of drug-likeness (QED) is 0.786. The molecule has 2 heterocycles. The first-order valence-electron chi connectivity index (χ1n) is 8.10. The first-order chi connectivity index (χ1) is 12.0. The summed E-state index contributed by atoms with van der Waals surface area (Å²) in [7, 11) is -3.74. The van der Waals surface area contributed by atoms with E-state index < -0.39 is 15.8 Å². The van der Waals surface area contributed by atoms with Crippen LogP contribution in [0.1, 0.15) is 24.4 Å². The summed E-state index contributed by atoms with van der Waals surface area (Å²) in [6.45, 7) is 2.82. The van der Waals surface area contributed by atoms with E-state index >= 15 is 0 Å². The van der Waals surface area contributed by atoms with Crippen molar-refractivity contribution in [3.8, 4) is 5.75 Å². The zero-order valence-corrected chi connectivity index (χ0v) is 15.5. The van der Waals surface area contributed by atoms with E-state index in [-0.39, 0.29) is 15.9 Å². The predicted octanol–water partition coefficient (Wildman–Crippen LogP) is 3.69. The SMILES string of the molecule is CCOc1ccc(S(=O)(=O)N2CCSC(c3ccco3)CC2)cc1F. The molecule has 0 N–H and O–H groups in total. The number of furan rings is 1. The zero-order chi connectivity index (χ0) is 17.9. The lowest BCUT2D eigenvalue weighted by Crippen LogP contribution is -2.33. The fraction of sp³-hybridized carbons (Fsp3) is 0.412. The van der Waals surface area contributed by atoms with E-state index in [0.29, 0.717) is 31.9 Å². The number of benzene rings is 1. The van der Waals surface area contributed by atoms with Crippen LogP contribution in [-0.2, 0) is 10.0 Å². The minimum Gasteiger partial charge on any atom is -0.491 e. The van der Waals surface area contributed by atoms with Gasteiger partial charge in [-0.25, -0.2) is 12.8 Å². The molecule has 1 unspecified atom stereocenters. The number of rotatable bonds is 5. The minimum atomic E-state index is -3.74. The maximum Gasteiger partial charge on any atom is 0.243 e. The van der Waals surface area contributed by atoms with Crippen molar-refractivity contribution in [1.82, 2.24) is 4.31 Å². The Morgan fingerprint density at radius 2 is 2.20 bits per heavy atom. The lowest BCUT2D eigenvalue weighted by atomic mass is 10.2. The molecule has 2 aromatic rings. The molecule has 1 aliphatic rings. The van der Waals surface area contributed by atoms with Gasteiger partial charge in [-0.3, -0.25) is 0 Å². The Labute approximate surface area is 151 Å². The summed E-state index contributed by atoms with van der Waals surface area (Å²) >= 11 is 1.68. The Kier molecular flexibility index (Phi) is 5.71. The third-order valence-electron chi connectivity index (χ3n) is 4.00. The van der Waals surface area contributed by atoms with Gasteiger partial charge in [0.25, 0.3) is 0 Å². The summed E-state index contributed by atoms with van der Waals surface area (Å²) in [6.07, 6.45) is 2.27. The first-order valence-corrected chi connectivity index (χ1v) is 10.6. The molecule has 1 fully saturated rings. The highest BCUT2D eigenvalue weighted by Gasteiger charge is 2.29. The van der Waals surface area contributed by atoms with Crippen molar-refractivity contribution in [1.29, 1.82) is 0 Å². The van der Waals surface area contributed by atoms with Crippen LogP contribution in [0, 0.1) is 5.82 Å². The topological polar surface area (TPSA) is 59.8 Å². The fourth-order valence-electron chi connectivity index (χ4n) is 2.76. The van der Waals surface area contributed by atoms with Crippen LogP contribution in [0.5, 0.6) is 5.75 Å².